The first-order valence-electron chi connectivity index (χ1n) is 8.09. The van der Waals surface area contributed by atoms with Gasteiger partial charge in [-0.05, 0) is 55.4 Å². The summed E-state index contributed by atoms with van der Waals surface area (Å²) < 4.78 is 6.98. The predicted molar refractivity (Wildman–Crippen MR) is 99.7 cm³/mol. The van der Waals surface area contributed by atoms with Crippen molar-refractivity contribution in [3.05, 3.63) is 58.8 Å². The molecule has 5 nitrogen and oxygen atoms in total. The summed E-state index contributed by atoms with van der Waals surface area (Å²) in [5, 5.41) is -0.221. The van der Waals surface area contributed by atoms with E-state index in [0.717, 1.165) is 23.1 Å². The van der Waals surface area contributed by atoms with Crippen LogP contribution in [0.15, 0.2) is 47.5 Å². The minimum Gasteiger partial charge on any atom is -0.385 e. The van der Waals surface area contributed by atoms with E-state index in [0.29, 0.717) is 24.5 Å². The van der Waals surface area contributed by atoms with E-state index in [9.17, 15) is 9.59 Å². The zero-order valence-corrected chi connectivity index (χ0v) is 15.1. The molecule has 0 bridgehead atoms. The topological polar surface area (TPSA) is 51.5 Å². The van der Waals surface area contributed by atoms with Crippen molar-refractivity contribution in [2.24, 2.45) is 0 Å². The Kier molecular flexibility index (Phi) is 5.40. The maximum Gasteiger partial charge on any atom is 0.293 e. The monoisotopic (exact) mass is 356 g/mol. The Morgan fingerprint density at radius 3 is 2.64 bits per heavy atom. The molecule has 1 saturated heterocycles. The molecular formula is C19H20N2O3S. The molecule has 0 atom stereocenters. The maximum atomic E-state index is 12.5. The number of hydrogen-bond acceptors (Lipinski definition) is 4. The summed E-state index contributed by atoms with van der Waals surface area (Å²) in [6, 6.07) is 12.0. The van der Waals surface area contributed by atoms with Gasteiger partial charge in [-0.15, -0.1) is 0 Å². The molecule has 2 aromatic rings. The van der Waals surface area contributed by atoms with Crippen LogP contribution >= 0.6 is 11.8 Å². The predicted octanol–water partition coefficient (Wildman–Crippen LogP) is 3.86. The van der Waals surface area contributed by atoms with Gasteiger partial charge in [0.1, 0.15) is 0 Å². The van der Waals surface area contributed by atoms with Crippen molar-refractivity contribution in [1.82, 2.24) is 9.47 Å². The van der Waals surface area contributed by atoms with Gasteiger partial charge in [0.2, 0.25) is 0 Å². The Morgan fingerprint density at radius 2 is 1.92 bits per heavy atom. The van der Waals surface area contributed by atoms with E-state index in [1.165, 1.54) is 10.5 Å². The van der Waals surface area contributed by atoms with Gasteiger partial charge < -0.3 is 9.30 Å². The number of aryl methyl sites for hydroxylation is 1. The molecule has 25 heavy (non-hydrogen) atoms. The van der Waals surface area contributed by atoms with Crippen molar-refractivity contribution in [1.29, 1.82) is 0 Å². The van der Waals surface area contributed by atoms with Gasteiger partial charge >= 0.3 is 0 Å². The van der Waals surface area contributed by atoms with Crippen molar-refractivity contribution in [2.75, 3.05) is 20.3 Å². The summed E-state index contributed by atoms with van der Waals surface area (Å²) in [7, 11) is 1.60. The SMILES string of the molecule is COCCCN1C(=O)S/C(=C/c2cccn2-c2ccc(C)cc2)C1=O. The minimum atomic E-state index is -0.234. The molecular weight excluding hydrogens is 336 g/mol. The number of carbonyl (C=O) groups excluding carboxylic acids is 2. The Morgan fingerprint density at radius 1 is 1.16 bits per heavy atom. The van der Waals surface area contributed by atoms with Crippen LogP contribution in [0.2, 0.25) is 0 Å². The van der Waals surface area contributed by atoms with Crippen molar-refractivity contribution < 1.29 is 14.3 Å². The van der Waals surface area contributed by atoms with Gasteiger partial charge in [-0.25, -0.2) is 0 Å². The van der Waals surface area contributed by atoms with E-state index >= 15 is 0 Å². The summed E-state index contributed by atoms with van der Waals surface area (Å²) in [6.07, 6.45) is 4.36. The van der Waals surface area contributed by atoms with E-state index < -0.39 is 0 Å². The molecule has 1 aliphatic rings. The first kappa shape index (κ1) is 17.5. The quantitative estimate of drug-likeness (QED) is 0.583. The number of methoxy groups -OCH3 is 1. The lowest BCUT2D eigenvalue weighted by Gasteiger charge is -2.11. The molecule has 0 N–H and O–H groups in total. The normalized spacial score (nSPS) is 16.2. The molecule has 130 valence electrons. The number of aromatic nitrogens is 1. The highest BCUT2D eigenvalue weighted by atomic mass is 32.2. The molecule has 0 aliphatic carbocycles. The molecule has 2 amide bonds. The highest BCUT2D eigenvalue weighted by Gasteiger charge is 2.34. The van der Waals surface area contributed by atoms with Crippen molar-refractivity contribution in [3.8, 4) is 5.69 Å². The molecule has 0 unspecified atom stereocenters. The lowest BCUT2D eigenvalue weighted by Crippen LogP contribution is -2.29. The molecule has 1 fully saturated rings. The van der Waals surface area contributed by atoms with Gasteiger partial charge in [0.05, 0.1) is 4.91 Å². The summed E-state index contributed by atoms with van der Waals surface area (Å²) in [4.78, 5) is 26.3. The molecule has 0 radical (unpaired) electrons. The summed E-state index contributed by atoms with van der Waals surface area (Å²) >= 11 is 0.989. The van der Waals surface area contributed by atoms with E-state index in [4.69, 9.17) is 4.74 Å². The van der Waals surface area contributed by atoms with E-state index in [-0.39, 0.29) is 11.1 Å². The van der Waals surface area contributed by atoms with E-state index in [1.54, 1.807) is 13.2 Å². The lowest BCUT2D eigenvalue weighted by molar-refractivity contribution is -0.122. The third kappa shape index (κ3) is 3.86. The summed E-state index contributed by atoms with van der Waals surface area (Å²) in [5.41, 5.74) is 3.07. The second kappa shape index (κ2) is 7.72. The van der Waals surface area contributed by atoms with Crippen LogP contribution < -0.4 is 0 Å². The van der Waals surface area contributed by atoms with Crippen molar-refractivity contribution >= 4 is 29.0 Å². The first-order valence-corrected chi connectivity index (χ1v) is 8.90. The fourth-order valence-electron chi connectivity index (χ4n) is 2.65. The molecule has 1 aromatic carbocycles. The van der Waals surface area contributed by atoms with Crippen LogP contribution in [0.5, 0.6) is 0 Å². The minimum absolute atomic E-state index is 0.221. The van der Waals surface area contributed by atoms with Crippen LogP contribution in [-0.4, -0.2) is 40.9 Å². The molecule has 1 aromatic heterocycles. The van der Waals surface area contributed by atoms with Crippen LogP contribution in [0.4, 0.5) is 4.79 Å². The van der Waals surface area contributed by atoms with Gasteiger partial charge in [0, 0.05) is 37.8 Å². The number of hydrogen-bond donors (Lipinski definition) is 0. The summed E-state index contributed by atoms with van der Waals surface area (Å²) in [5.74, 6) is -0.234. The molecule has 6 heteroatoms. The standard InChI is InChI=1S/C19H20N2O3S/c1-14-6-8-15(9-7-14)20-10-3-5-16(20)13-17-18(22)21(19(23)25-17)11-4-12-24-2/h3,5-10,13H,4,11-12H2,1-2H3/b17-13+. The highest BCUT2D eigenvalue weighted by molar-refractivity contribution is 8.18. The van der Waals surface area contributed by atoms with Crippen LogP contribution in [-0.2, 0) is 9.53 Å². The van der Waals surface area contributed by atoms with Crippen LogP contribution in [0.25, 0.3) is 11.8 Å². The van der Waals surface area contributed by atoms with Crippen LogP contribution in [0, 0.1) is 6.92 Å². The number of benzene rings is 1. The number of nitrogens with zero attached hydrogens (tertiary/aromatic N) is 2. The average Bonchev–Trinajstić information content (AvgIpc) is 3.16. The Labute approximate surface area is 151 Å². The third-order valence-corrected chi connectivity index (χ3v) is 4.88. The van der Waals surface area contributed by atoms with Crippen molar-refractivity contribution in [2.45, 2.75) is 13.3 Å². The van der Waals surface area contributed by atoms with Crippen LogP contribution in [0.1, 0.15) is 17.7 Å². The number of ether oxygens (including phenoxy) is 1. The smallest absolute Gasteiger partial charge is 0.293 e. The molecule has 1 aliphatic heterocycles. The van der Waals surface area contributed by atoms with Crippen LogP contribution in [0.3, 0.4) is 0 Å². The molecule has 0 spiro atoms. The van der Waals surface area contributed by atoms with Gasteiger partial charge in [-0.1, -0.05) is 17.7 Å². The third-order valence-electron chi connectivity index (χ3n) is 3.98. The highest BCUT2D eigenvalue weighted by Crippen LogP contribution is 2.32. The number of rotatable bonds is 6. The fourth-order valence-corrected chi connectivity index (χ4v) is 3.50. The zero-order chi connectivity index (χ0) is 17.8. The van der Waals surface area contributed by atoms with E-state index in [2.05, 4.69) is 0 Å². The number of amides is 2. The molecule has 2 heterocycles. The fraction of sp³-hybridized carbons (Fsp3) is 0.263. The van der Waals surface area contributed by atoms with Gasteiger partial charge in [-0.3, -0.25) is 14.5 Å². The molecule has 0 saturated carbocycles. The Balaban J connectivity index is 1.82. The first-order chi connectivity index (χ1) is 12.1. The average molecular weight is 356 g/mol. The Bertz CT molecular complexity index is 808. The second-order valence-electron chi connectivity index (χ2n) is 5.82. The number of imide groups is 1. The maximum absolute atomic E-state index is 12.5. The zero-order valence-electron chi connectivity index (χ0n) is 14.3. The van der Waals surface area contributed by atoms with E-state index in [1.807, 2.05) is 54.1 Å². The van der Waals surface area contributed by atoms with Gasteiger partial charge in [0.15, 0.2) is 0 Å². The Hall–Kier alpha value is -2.31. The van der Waals surface area contributed by atoms with Crippen molar-refractivity contribution in [3.63, 3.8) is 0 Å². The van der Waals surface area contributed by atoms with Gasteiger partial charge in [0.25, 0.3) is 11.1 Å². The summed E-state index contributed by atoms with van der Waals surface area (Å²) in [6.45, 7) is 2.95. The number of carbonyl (C=O) groups is 2. The largest absolute Gasteiger partial charge is 0.385 e. The second-order valence-corrected chi connectivity index (χ2v) is 6.81. The lowest BCUT2D eigenvalue weighted by atomic mass is 10.2. The number of thioether (sulfide) groups is 1. The van der Waals surface area contributed by atoms with Gasteiger partial charge in [-0.2, -0.15) is 0 Å². The molecule has 3 rings (SSSR count).